The molecule has 1 heterocycles. The molecule has 4 heteroatoms. The fourth-order valence-electron chi connectivity index (χ4n) is 1.10. The second kappa shape index (κ2) is 3.45. The van der Waals surface area contributed by atoms with Crippen molar-refractivity contribution < 1.29 is 4.42 Å². The fraction of sp³-hybridized carbons (Fsp3) is 0.111. The van der Waals surface area contributed by atoms with Crippen molar-refractivity contribution in [2.75, 3.05) is 0 Å². The van der Waals surface area contributed by atoms with Crippen LogP contribution in [0.3, 0.4) is 0 Å². The zero-order valence-electron chi connectivity index (χ0n) is 6.99. The van der Waals surface area contributed by atoms with Gasteiger partial charge in [-0.15, -0.1) is 10.2 Å². The number of aryl methyl sites for hydroxylation is 1. The summed E-state index contributed by atoms with van der Waals surface area (Å²) in [4.78, 5) is 0. The summed E-state index contributed by atoms with van der Waals surface area (Å²) in [7, 11) is 0. The lowest BCUT2D eigenvalue weighted by molar-refractivity contribution is 0.537. The van der Waals surface area contributed by atoms with Gasteiger partial charge in [0.15, 0.2) is 0 Å². The normalized spacial score (nSPS) is 10.3. The molecule has 0 fully saturated rings. The first-order chi connectivity index (χ1) is 6.25. The number of rotatable bonds is 1. The van der Waals surface area contributed by atoms with Gasteiger partial charge < -0.3 is 4.42 Å². The third-order valence-electron chi connectivity index (χ3n) is 1.67. The number of aromatic nitrogens is 2. The molecular weight excluding hydrogens is 279 g/mol. The van der Waals surface area contributed by atoms with Crippen LogP contribution in [0.15, 0.2) is 28.7 Å². The van der Waals surface area contributed by atoms with Crippen molar-refractivity contribution in [3.05, 3.63) is 33.7 Å². The van der Waals surface area contributed by atoms with Crippen LogP contribution in [0, 0.1) is 10.8 Å². The van der Waals surface area contributed by atoms with Gasteiger partial charge >= 0.3 is 0 Å². The van der Waals surface area contributed by atoms with E-state index < -0.39 is 0 Å². The molecule has 0 aliphatic heterocycles. The molecule has 0 amide bonds. The quantitative estimate of drug-likeness (QED) is 0.756. The average molecular weight is 286 g/mol. The molecule has 0 atom stereocenters. The Labute approximate surface area is 89.3 Å². The summed E-state index contributed by atoms with van der Waals surface area (Å²) in [5.41, 5.74) is 2.15. The van der Waals surface area contributed by atoms with E-state index >= 15 is 0 Å². The maximum Gasteiger partial charge on any atom is 0.278 e. The lowest BCUT2D eigenvalue weighted by atomic mass is 10.1. The first kappa shape index (κ1) is 8.68. The summed E-state index contributed by atoms with van der Waals surface area (Å²) in [5.74, 6) is 0.577. The molecule has 0 N–H and O–H groups in total. The number of benzene rings is 1. The van der Waals surface area contributed by atoms with Crippen LogP contribution in [0.4, 0.5) is 0 Å². The van der Waals surface area contributed by atoms with Crippen LogP contribution in [0.2, 0.25) is 0 Å². The van der Waals surface area contributed by atoms with Crippen LogP contribution in [0.1, 0.15) is 5.56 Å². The molecule has 0 radical (unpaired) electrons. The molecule has 0 bridgehead atoms. The Balaban J connectivity index is 2.46. The van der Waals surface area contributed by atoms with E-state index in [-0.39, 0.29) is 0 Å². The van der Waals surface area contributed by atoms with Gasteiger partial charge in [-0.25, -0.2) is 0 Å². The number of hydrogen-bond donors (Lipinski definition) is 0. The van der Waals surface area contributed by atoms with E-state index in [9.17, 15) is 0 Å². The van der Waals surface area contributed by atoms with Crippen molar-refractivity contribution in [2.24, 2.45) is 0 Å². The standard InChI is InChI=1S/C9H7IN2O/c1-6-3-2-4-7(5-6)8-11-12-9(10)13-8/h2-5H,1H3. The number of hydrogen-bond acceptors (Lipinski definition) is 3. The van der Waals surface area contributed by atoms with Gasteiger partial charge in [0.25, 0.3) is 3.90 Å². The molecule has 0 saturated heterocycles. The van der Waals surface area contributed by atoms with Crippen molar-refractivity contribution in [1.29, 1.82) is 0 Å². The van der Waals surface area contributed by atoms with Crippen LogP contribution in [-0.2, 0) is 0 Å². The van der Waals surface area contributed by atoms with Gasteiger partial charge in [-0.3, -0.25) is 0 Å². The van der Waals surface area contributed by atoms with Crippen molar-refractivity contribution in [1.82, 2.24) is 10.2 Å². The van der Waals surface area contributed by atoms with Crippen LogP contribution >= 0.6 is 22.6 Å². The molecule has 0 aliphatic carbocycles. The molecule has 1 aromatic heterocycles. The minimum Gasteiger partial charge on any atom is -0.412 e. The molecule has 1 aromatic carbocycles. The fourth-order valence-corrected chi connectivity index (χ4v) is 1.42. The summed E-state index contributed by atoms with van der Waals surface area (Å²) >= 11 is 2.00. The van der Waals surface area contributed by atoms with E-state index in [2.05, 4.69) is 10.2 Å². The first-order valence-electron chi connectivity index (χ1n) is 3.82. The molecule has 0 unspecified atom stereocenters. The summed E-state index contributed by atoms with van der Waals surface area (Å²) in [6.45, 7) is 2.03. The van der Waals surface area contributed by atoms with Crippen LogP contribution in [-0.4, -0.2) is 10.2 Å². The summed E-state index contributed by atoms with van der Waals surface area (Å²) in [5, 5.41) is 7.70. The van der Waals surface area contributed by atoms with Crippen LogP contribution in [0.25, 0.3) is 11.5 Å². The van der Waals surface area contributed by atoms with Gasteiger partial charge in [-0.05, 0) is 19.1 Å². The molecule has 66 valence electrons. The topological polar surface area (TPSA) is 38.9 Å². The Morgan fingerprint density at radius 2 is 2.15 bits per heavy atom. The van der Waals surface area contributed by atoms with Crippen molar-refractivity contribution in [2.45, 2.75) is 6.92 Å². The molecule has 3 nitrogen and oxygen atoms in total. The Morgan fingerprint density at radius 1 is 1.31 bits per heavy atom. The highest BCUT2D eigenvalue weighted by atomic mass is 127. The first-order valence-corrected chi connectivity index (χ1v) is 4.89. The monoisotopic (exact) mass is 286 g/mol. The van der Waals surface area contributed by atoms with Crippen molar-refractivity contribution >= 4 is 22.6 Å². The maximum absolute atomic E-state index is 5.29. The molecule has 0 spiro atoms. The zero-order chi connectivity index (χ0) is 9.26. The Bertz CT molecular complexity index is 425. The molecule has 0 aliphatic rings. The van der Waals surface area contributed by atoms with Crippen molar-refractivity contribution in [3.8, 4) is 11.5 Å². The molecule has 2 rings (SSSR count). The summed E-state index contributed by atoms with van der Waals surface area (Å²) in [6.07, 6.45) is 0. The Hall–Kier alpha value is -0.910. The highest BCUT2D eigenvalue weighted by Gasteiger charge is 2.05. The number of nitrogens with zero attached hydrogens (tertiary/aromatic N) is 2. The highest BCUT2D eigenvalue weighted by molar-refractivity contribution is 14.1. The predicted octanol–water partition coefficient (Wildman–Crippen LogP) is 2.65. The van der Waals surface area contributed by atoms with E-state index in [1.807, 2.05) is 53.8 Å². The predicted molar refractivity (Wildman–Crippen MR) is 57.2 cm³/mol. The smallest absolute Gasteiger partial charge is 0.278 e. The molecule has 13 heavy (non-hydrogen) atoms. The third kappa shape index (κ3) is 1.88. The van der Waals surface area contributed by atoms with Gasteiger partial charge in [0.2, 0.25) is 5.89 Å². The third-order valence-corrected chi connectivity index (χ3v) is 2.10. The highest BCUT2D eigenvalue weighted by Crippen LogP contribution is 2.18. The van der Waals surface area contributed by atoms with Gasteiger partial charge in [0.1, 0.15) is 0 Å². The zero-order valence-corrected chi connectivity index (χ0v) is 9.15. The molecule has 2 aromatic rings. The average Bonchev–Trinajstić information content (AvgIpc) is 2.52. The van der Waals surface area contributed by atoms with E-state index in [1.54, 1.807) is 0 Å². The van der Waals surface area contributed by atoms with E-state index in [0.717, 1.165) is 5.56 Å². The van der Waals surface area contributed by atoms with Crippen LogP contribution < -0.4 is 0 Å². The number of halogens is 1. The van der Waals surface area contributed by atoms with E-state index in [1.165, 1.54) is 5.56 Å². The van der Waals surface area contributed by atoms with Crippen molar-refractivity contribution in [3.63, 3.8) is 0 Å². The van der Waals surface area contributed by atoms with Gasteiger partial charge in [-0.1, -0.05) is 17.7 Å². The Morgan fingerprint density at radius 3 is 2.77 bits per heavy atom. The largest absolute Gasteiger partial charge is 0.412 e. The lowest BCUT2D eigenvalue weighted by Crippen LogP contribution is -1.78. The Kier molecular flexibility index (Phi) is 2.30. The second-order valence-electron chi connectivity index (χ2n) is 2.73. The molecule has 0 saturated carbocycles. The summed E-state index contributed by atoms with van der Waals surface area (Å²) in [6, 6.07) is 7.98. The van der Waals surface area contributed by atoms with E-state index in [4.69, 9.17) is 4.42 Å². The summed E-state index contributed by atoms with van der Waals surface area (Å²) < 4.78 is 5.85. The maximum atomic E-state index is 5.29. The molecular formula is C9H7IN2O. The van der Waals surface area contributed by atoms with E-state index in [0.29, 0.717) is 9.79 Å². The van der Waals surface area contributed by atoms with Gasteiger partial charge in [0, 0.05) is 28.2 Å². The van der Waals surface area contributed by atoms with Gasteiger partial charge in [0.05, 0.1) is 0 Å². The lowest BCUT2D eigenvalue weighted by Gasteiger charge is -1.94. The second-order valence-corrected chi connectivity index (χ2v) is 3.65. The van der Waals surface area contributed by atoms with Gasteiger partial charge in [-0.2, -0.15) is 0 Å². The minimum absolute atomic E-state index is 0.564. The SMILES string of the molecule is Cc1cccc(-c2nnc(I)o2)c1. The minimum atomic E-state index is 0.564. The van der Waals surface area contributed by atoms with Crippen LogP contribution in [0.5, 0.6) is 0 Å².